The van der Waals surface area contributed by atoms with E-state index in [-0.39, 0.29) is 0 Å². The summed E-state index contributed by atoms with van der Waals surface area (Å²) in [5, 5.41) is 5.00. The standard InChI is InChI=1S/C19H15N/c1-12-6-5-9-18-16(12)11-17-13(2)10-14-7-3-4-8-15(14)19(17)20-18/h3-11H,1-2H3. The maximum Gasteiger partial charge on any atom is 0.0790 e. The third-order valence-electron chi connectivity index (χ3n) is 4.09. The molecule has 0 unspecified atom stereocenters. The fraction of sp³-hybridized carbons (Fsp3) is 0.105. The zero-order chi connectivity index (χ0) is 13.7. The Hall–Kier alpha value is -2.41. The summed E-state index contributed by atoms with van der Waals surface area (Å²) >= 11 is 0. The second-order valence-electron chi connectivity index (χ2n) is 5.44. The van der Waals surface area contributed by atoms with Gasteiger partial charge in [-0.25, -0.2) is 4.98 Å². The predicted octanol–water partition coefficient (Wildman–Crippen LogP) is 5.16. The van der Waals surface area contributed by atoms with E-state index in [1.54, 1.807) is 0 Å². The van der Waals surface area contributed by atoms with Crippen LogP contribution in [0, 0.1) is 13.8 Å². The third kappa shape index (κ3) is 1.53. The molecule has 0 aliphatic carbocycles. The zero-order valence-corrected chi connectivity index (χ0v) is 11.6. The molecule has 4 rings (SSSR count). The minimum absolute atomic E-state index is 1.08. The number of aromatic nitrogens is 1. The molecule has 0 atom stereocenters. The van der Waals surface area contributed by atoms with E-state index >= 15 is 0 Å². The van der Waals surface area contributed by atoms with Crippen molar-refractivity contribution in [3.05, 3.63) is 65.7 Å². The number of hydrogen-bond acceptors (Lipinski definition) is 1. The van der Waals surface area contributed by atoms with Crippen molar-refractivity contribution in [3.63, 3.8) is 0 Å². The number of aryl methyl sites for hydroxylation is 2. The molecule has 0 bridgehead atoms. The average Bonchev–Trinajstić information content (AvgIpc) is 2.47. The van der Waals surface area contributed by atoms with E-state index in [0.29, 0.717) is 0 Å². The van der Waals surface area contributed by atoms with Gasteiger partial charge in [0.2, 0.25) is 0 Å². The van der Waals surface area contributed by atoms with Crippen LogP contribution in [0.25, 0.3) is 32.6 Å². The molecule has 1 nitrogen and oxygen atoms in total. The summed E-state index contributed by atoms with van der Waals surface area (Å²) in [7, 11) is 0. The van der Waals surface area contributed by atoms with Crippen molar-refractivity contribution in [1.29, 1.82) is 0 Å². The van der Waals surface area contributed by atoms with Crippen LogP contribution in [0.3, 0.4) is 0 Å². The summed E-state index contributed by atoms with van der Waals surface area (Å²) in [5.74, 6) is 0. The second kappa shape index (κ2) is 4.04. The molecule has 0 spiro atoms. The Morgan fingerprint density at radius 3 is 2.45 bits per heavy atom. The van der Waals surface area contributed by atoms with E-state index in [0.717, 1.165) is 11.0 Å². The molecule has 20 heavy (non-hydrogen) atoms. The Labute approximate surface area is 117 Å². The molecule has 0 radical (unpaired) electrons. The molecule has 0 N–H and O–H groups in total. The van der Waals surface area contributed by atoms with Gasteiger partial charge < -0.3 is 0 Å². The van der Waals surface area contributed by atoms with Crippen LogP contribution in [0.5, 0.6) is 0 Å². The van der Waals surface area contributed by atoms with Crippen LogP contribution >= 0.6 is 0 Å². The van der Waals surface area contributed by atoms with Gasteiger partial charge in [0, 0.05) is 16.2 Å². The maximum absolute atomic E-state index is 4.93. The lowest BCUT2D eigenvalue weighted by Gasteiger charge is -2.09. The molecule has 96 valence electrons. The highest BCUT2D eigenvalue weighted by Gasteiger charge is 2.07. The minimum atomic E-state index is 1.08. The van der Waals surface area contributed by atoms with Gasteiger partial charge in [-0.2, -0.15) is 0 Å². The van der Waals surface area contributed by atoms with E-state index in [1.807, 2.05) is 0 Å². The van der Waals surface area contributed by atoms with Crippen molar-refractivity contribution in [2.75, 3.05) is 0 Å². The molecule has 0 saturated heterocycles. The van der Waals surface area contributed by atoms with E-state index in [2.05, 4.69) is 68.4 Å². The summed E-state index contributed by atoms with van der Waals surface area (Å²) in [6.07, 6.45) is 0. The summed E-state index contributed by atoms with van der Waals surface area (Å²) in [4.78, 5) is 4.93. The van der Waals surface area contributed by atoms with Crippen molar-refractivity contribution in [2.24, 2.45) is 0 Å². The first-order valence-corrected chi connectivity index (χ1v) is 6.92. The van der Waals surface area contributed by atoms with Gasteiger partial charge in [-0.3, -0.25) is 0 Å². The normalized spacial score (nSPS) is 11.5. The van der Waals surface area contributed by atoms with Crippen molar-refractivity contribution in [3.8, 4) is 0 Å². The zero-order valence-electron chi connectivity index (χ0n) is 11.6. The summed E-state index contributed by atoms with van der Waals surface area (Å²) in [6, 6.07) is 19.3. The van der Waals surface area contributed by atoms with Crippen LogP contribution < -0.4 is 0 Å². The average molecular weight is 257 g/mol. The summed E-state index contributed by atoms with van der Waals surface area (Å²) in [5.41, 5.74) is 4.76. The molecule has 0 aliphatic rings. The topological polar surface area (TPSA) is 12.9 Å². The Bertz CT molecular complexity index is 967. The number of rotatable bonds is 0. The molecule has 0 aliphatic heterocycles. The van der Waals surface area contributed by atoms with Crippen LogP contribution in [0.2, 0.25) is 0 Å². The van der Waals surface area contributed by atoms with Crippen molar-refractivity contribution < 1.29 is 0 Å². The largest absolute Gasteiger partial charge is 0.247 e. The quantitative estimate of drug-likeness (QED) is 0.313. The van der Waals surface area contributed by atoms with Crippen molar-refractivity contribution >= 4 is 32.6 Å². The number of pyridine rings is 1. The van der Waals surface area contributed by atoms with Gasteiger partial charge in [0.25, 0.3) is 0 Å². The molecule has 1 aromatic heterocycles. The number of fused-ring (bicyclic) bond motifs is 4. The van der Waals surface area contributed by atoms with Gasteiger partial charge in [-0.15, -0.1) is 0 Å². The Morgan fingerprint density at radius 1 is 0.700 bits per heavy atom. The summed E-state index contributed by atoms with van der Waals surface area (Å²) in [6.45, 7) is 4.31. The van der Waals surface area contributed by atoms with Crippen molar-refractivity contribution in [2.45, 2.75) is 13.8 Å². The Morgan fingerprint density at radius 2 is 1.55 bits per heavy atom. The van der Waals surface area contributed by atoms with Crippen LogP contribution in [0.4, 0.5) is 0 Å². The van der Waals surface area contributed by atoms with E-state index in [9.17, 15) is 0 Å². The van der Waals surface area contributed by atoms with Gasteiger partial charge in [0.1, 0.15) is 0 Å². The van der Waals surface area contributed by atoms with Crippen molar-refractivity contribution in [1.82, 2.24) is 4.98 Å². The molecule has 0 amide bonds. The Kier molecular flexibility index (Phi) is 2.31. The SMILES string of the molecule is Cc1cccc2nc3c(cc12)c(C)cc1ccccc13. The van der Waals surface area contributed by atoms with Crippen LogP contribution in [0.15, 0.2) is 54.6 Å². The smallest absolute Gasteiger partial charge is 0.0790 e. The first-order valence-electron chi connectivity index (χ1n) is 6.92. The highest BCUT2D eigenvalue weighted by atomic mass is 14.7. The summed E-state index contributed by atoms with van der Waals surface area (Å²) < 4.78 is 0. The predicted molar refractivity (Wildman–Crippen MR) is 86.2 cm³/mol. The molecule has 1 heterocycles. The first kappa shape index (κ1) is 11.4. The fourth-order valence-electron chi connectivity index (χ4n) is 3.00. The van der Waals surface area contributed by atoms with E-state index in [4.69, 9.17) is 4.98 Å². The lowest BCUT2D eigenvalue weighted by atomic mass is 9.99. The van der Waals surface area contributed by atoms with Gasteiger partial charge in [0.05, 0.1) is 11.0 Å². The van der Waals surface area contributed by atoms with Gasteiger partial charge in [0.15, 0.2) is 0 Å². The molecular weight excluding hydrogens is 242 g/mol. The molecule has 4 aromatic rings. The molecule has 1 heteroatoms. The maximum atomic E-state index is 4.93. The van der Waals surface area contributed by atoms with E-state index in [1.165, 1.54) is 32.7 Å². The van der Waals surface area contributed by atoms with Gasteiger partial charge in [-0.1, -0.05) is 42.5 Å². The Balaban J connectivity index is 2.30. The third-order valence-corrected chi connectivity index (χ3v) is 4.09. The minimum Gasteiger partial charge on any atom is -0.247 e. The molecule has 0 saturated carbocycles. The van der Waals surface area contributed by atoms with Gasteiger partial charge in [-0.05, 0) is 42.5 Å². The fourth-order valence-corrected chi connectivity index (χ4v) is 3.00. The number of nitrogens with zero attached hydrogens (tertiary/aromatic N) is 1. The van der Waals surface area contributed by atoms with Crippen LogP contribution in [-0.4, -0.2) is 4.98 Å². The number of benzene rings is 3. The monoisotopic (exact) mass is 257 g/mol. The van der Waals surface area contributed by atoms with Crippen LogP contribution in [0.1, 0.15) is 11.1 Å². The van der Waals surface area contributed by atoms with E-state index < -0.39 is 0 Å². The number of hydrogen-bond donors (Lipinski definition) is 0. The highest BCUT2D eigenvalue weighted by Crippen LogP contribution is 2.30. The van der Waals surface area contributed by atoms with Crippen LogP contribution in [-0.2, 0) is 0 Å². The lowest BCUT2D eigenvalue weighted by molar-refractivity contribution is 1.45. The van der Waals surface area contributed by atoms with Gasteiger partial charge >= 0.3 is 0 Å². The highest BCUT2D eigenvalue weighted by molar-refractivity contribution is 6.10. The first-order chi connectivity index (χ1) is 9.74. The molecule has 0 fully saturated rings. The molecular formula is C19H15N. The lowest BCUT2D eigenvalue weighted by Crippen LogP contribution is -1.89. The molecule has 3 aromatic carbocycles. The second-order valence-corrected chi connectivity index (χ2v) is 5.44.